The molecular formula is C13H28N2O. The van der Waals surface area contributed by atoms with Crippen molar-refractivity contribution in [2.45, 2.75) is 72.4 Å². The van der Waals surface area contributed by atoms with Crippen LogP contribution in [0.25, 0.3) is 0 Å². The van der Waals surface area contributed by atoms with E-state index in [-0.39, 0.29) is 12.1 Å². The quantitative estimate of drug-likeness (QED) is 0.748. The van der Waals surface area contributed by atoms with Gasteiger partial charge in [0.25, 0.3) is 0 Å². The van der Waals surface area contributed by atoms with Crippen LogP contribution in [0, 0.1) is 5.92 Å². The van der Waals surface area contributed by atoms with Gasteiger partial charge in [0.2, 0.25) is 0 Å². The van der Waals surface area contributed by atoms with Gasteiger partial charge in [-0.05, 0) is 45.4 Å². The molecule has 0 radical (unpaired) electrons. The van der Waals surface area contributed by atoms with E-state index in [4.69, 9.17) is 0 Å². The average molecular weight is 228 g/mol. The van der Waals surface area contributed by atoms with Crippen molar-refractivity contribution in [3.05, 3.63) is 0 Å². The Kier molecular flexibility index (Phi) is 8.04. The summed E-state index contributed by atoms with van der Waals surface area (Å²) in [6.07, 6.45) is 4.75. The molecule has 3 heteroatoms. The molecule has 0 atom stereocenters. The second-order valence-corrected chi connectivity index (χ2v) is 4.73. The molecule has 96 valence electrons. The summed E-state index contributed by atoms with van der Waals surface area (Å²) in [5, 5.41) is 5.87. The highest BCUT2D eigenvalue weighted by molar-refractivity contribution is 5.74. The van der Waals surface area contributed by atoms with Crippen LogP contribution in [0.1, 0.15) is 60.3 Å². The Morgan fingerprint density at radius 1 is 1.12 bits per heavy atom. The smallest absolute Gasteiger partial charge is 0.315 e. The van der Waals surface area contributed by atoms with Crippen LogP contribution in [0.4, 0.5) is 4.79 Å². The molecule has 0 bridgehead atoms. The zero-order chi connectivity index (χ0) is 12.6. The summed E-state index contributed by atoms with van der Waals surface area (Å²) in [4.78, 5) is 11.4. The van der Waals surface area contributed by atoms with Crippen LogP contribution in [-0.2, 0) is 0 Å². The van der Waals surface area contributed by atoms with Gasteiger partial charge >= 0.3 is 6.03 Å². The minimum Gasteiger partial charge on any atom is -0.336 e. The van der Waals surface area contributed by atoms with Crippen LogP contribution in [0.3, 0.4) is 0 Å². The maximum atomic E-state index is 11.4. The van der Waals surface area contributed by atoms with Crippen molar-refractivity contribution >= 4 is 6.03 Å². The normalized spacial score (nSPS) is 24.4. The predicted molar refractivity (Wildman–Crippen MR) is 69.6 cm³/mol. The molecule has 1 aliphatic carbocycles. The molecule has 2 N–H and O–H groups in total. The Labute approximate surface area is 100 Å². The van der Waals surface area contributed by atoms with E-state index in [9.17, 15) is 4.79 Å². The van der Waals surface area contributed by atoms with Gasteiger partial charge in [-0.1, -0.05) is 20.8 Å². The van der Waals surface area contributed by atoms with Crippen molar-refractivity contribution in [3.8, 4) is 0 Å². The highest BCUT2D eigenvalue weighted by Gasteiger charge is 2.19. The fourth-order valence-electron chi connectivity index (χ4n) is 1.89. The van der Waals surface area contributed by atoms with Gasteiger partial charge < -0.3 is 10.6 Å². The van der Waals surface area contributed by atoms with Crippen LogP contribution in [0.15, 0.2) is 0 Å². The maximum Gasteiger partial charge on any atom is 0.315 e. The molecule has 0 spiro atoms. The van der Waals surface area contributed by atoms with Crippen LogP contribution >= 0.6 is 0 Å². The number of carbonyl (C=O) groups excluding carboxylic acids is 1. The van der Waals surface area contributed by atoms with Gasteiger partial charge in [-0.15, -0.1) is 0 Å². The Balaban J connectivity index is 0.00000106. The summed E-state index contributed by atoms with van der Waals surface area (Å²) in [7, 11) is 0. The zero-order valence-electron chi connectivity index (χ0n) is 11.5. The highest BCUT2D eigenvalue weighted by atomic mass is 16.2. The van der Waals surface area contributed by atoms with Crippen molar-refractivity contribution in [1.82, 2.24) is 10.6 Å². The highest BCUT2D eigenvalue weighted by Crippen LogP contribution is 2.23. The van der Waals surface area contributed by atoms with Crippen molar-refractivity contribution < 1.29 is 4.79 Å². The first-order chi connectivity index (χ1) is 7.58. The second kappa shape index (κ2) is 8.43. The monoisotopic (exact) mass is 228 g/mol. The molecular weight excluding hydrogens is 200 g/mol. The van der Waals surface area contributed by atoms with Crippen LogP contribution in [0.2, 0.25) is 0 Å². The number of hydrogen-bond donors (Lipinski definition) is 2. The molecule has 0 aromatic rings. The molecule has 0 aromatic carbocycles. The molecule has 1 saturated carbocycles. The van der Waals surface area contributed by atoms with Gasteiger partial charge in [0.05, 0.1) is 0 Å². The van der Waals surface area contributed by atoms with Crippen molar-refractivity contribution in [2.24, 2.45) is 5.92 Å². The van der Waals surface area contributed by atoms with E-state index in [0.29, 0.717) is 6.04 Å². The number of urea groups is 1. The first-order valence-corrected chi connectivity index (χ1v) is 6.65. The number of amides is 2. The molecule has 0 aromatic heterocycles. The van der Waals surface area contributed by atoms with E-state index in [1.165, 1.54) is 12.8 Å². The van der Waals surface area contributed by atoms with Crippen molar-refractivity contribution in [2.75, 3.05) is 0 Å². The van der Waals surface area contributed by atoms with E-state index < -0.39 is 0 Å². The first-order valence-electron chi connectivity index (χ1n) is 6.65. The summed E-state index contributed by atoms with van der Waals surface area (Å²) in [6.45, 7) is 10.2. The fourth-order valence-corrected chi connectivity index (χ4v) is 1.89. The molecule has 1 fully saturated rings. The van der Waals surface area contributed by atoms with E-state index in [2.05, 4.69) is 17.6 Å². The van der Waals surface area contributed by atoms with Crippen LogP contribution in [-0.4, -0.2) is 18.1 Å². The molecule has 1 aliphatic rings. The predicted octanol–water partition coefficient (Wildman–Crippen LogP) is 3.30. The molecule has 0 heterocycles. The van der Waals surface area contributed by atoms with Gasteiger partial charge in [0.15, 0.2) is 0 Å². The third-order valence-electron chi connectivity index (χ3n) is 2.77. The zero-order valence-corrected chi connectivity index (χ0v) is 11.5. The molecule has 3 nitrogen and oxygen atoms in total. The summed E-state index contributed by atoms with van der Waals surface area (Å²) >= 11 is 0. The van der Waals surface area contributed by atoms with Crippen molar-refractivity contribution in [3.63, 3.8) is 0 Å². The lowest BCUT2D eigenvalue weighted by molar-refractivity contribution is 0.226. The number of rotatable bonds is 2. The molecule has 0 saturated heterocycles. The SMILES string of the molecule is CC.CC1CCC(NC(=O)NC(C)C)CC1. The van der Waals surface area contributed by atoms with Gasteiger partial charge in [-0.3, -0.25) is 0 Å². The molecule has 0 aliphatic heterocycles. The van der Waals surface area contributed by atoms with Gasteiger partial charge in [-0.2, -0.15) is 0 Å². The maximum absolute atomic E-state index is 11.4. The lowest BCUT2D eigenvalue weighted by Crippen LogP contribution is -2.45. The summed E-state index contributed by atoms with van der Waals surface area (Å²) in [5.41, 5.74) is 0. The Bertz CT molecular complexity index is 184. The third kappa shape index (κ3) is 6.70. The molecule has 16 heavy (non-hydrogen) atoms. The standard InChI is InChI=1S/C11H22N2O.C2H6/c1-8(2)12-11(14)13-10-6-4-9(3)5-7-10;1-2/h8-10H,4-7H2,1-3H3,(H2,12,13,14);1-2H3. The molecule has 2 amide bonds. The van der Waals surface area contributed by atoms with Gasteiger partial charge in [0.1, 0.15) is 0 Å². The van der Waals surface area contributed by atoms with Crippen molar-refractivity contribution in [1.29, 1.82) is 0 Å². The second-order valence-electron chi connectivity index (χ2n) is 4.73. The van der Waals surface area contributed by atoms with Gasteiger partial charge in [0, 0.05) is 12.1 Å². The summed E-state index contributed by atoms with van der Waals surface area (Å²) in [5.74, 6) is 0.834. The minimum atomic E-state index is -0.0143. The summed E-state index contributed by atoms with van der Waals surface area (Å²) in [6, 6.07) is 0.599. The fraction of sp³-hybridized carbons (Fsp3) is 0.923. The minimum absolute atomic E-state index is 0.0143. The third-order valence-corrected chi connectivity index (χ3v) is 2.77. The number of hydrogen-bond acceptors (Lipinski definition) is 1. The number of nitrogens with one attached hydrogen (secondary N) is 2. The van der Waals surface area contributed by atoms with E-state index in [1.807, 2.05) is 27.7 Å². The lowest BCUT2D eigenvalue weighted by Gasteiger charge is -2.27. The first kappa shape index (κ1) is 15.3. The summed E-state index contributed by atoms with van der Waals surface area (Å²) < 4.78 is 0. The topological polar surface area (TPSA) is 41.1 Å². The lowest BCUT2D eigenvalue weighted by atomic mass is 9.87. The number of carbonyl (C=O) groups is 1. The largest absolute Gasteiger partial charge is 0.336 e. The molecule has 0 unspecified atom stereocenters. The Morgan fingerprint density at radius 3 is 2.06 bits per heavy atom. The van der Waals surface area contributed by atoms with E-state index in [0.717, 1.165) is 18.8 Å². The van der Waals surface area contributed by atoms with E-state index >= 15 is 0 Å². The average Bonchev–Trinajstić information content (AvgIpc) is 2.23. The van der Waals surface area contributed by atoms with E-state index in [1.54, 1.807) is 0 Å². The Hall–Kier alpha value is -0.730. The molecule has 1 rings (SSSR count). The van der Waals surface area contributed by atoms with Gasteiger partial charge in [-0.25, -0.2) is 4.79 Å². The van der Waals surface area contributed by atoms with Crippen LogP contribution < -0.4 is 10.6 Å². The Morgan fingerprint density at radius 2 is 1.62 bits per heavy atom. The van der Waals surface area contributed by atoms with Crippen LogP contribution in [0.5, 0.6) is 0 Å².